The maximum absolute atomic E-state index is 12.0. The molecule has 1 aromatic carbocycles. The van der Waals surface area contributed by atoms with E-state index in [0.717, 1.165) is 0 Å². The number of carbonyl (C=O) groups excluding carboxylic acids is 1. The van der Waals surface area contributed by atoms with Crippen molar-refractivity contribution < 1.29 is 4.79 Å². The highest BCUT2D eigenvalue weighted by Gasteiger charge is 2.12. The molecule has 0 saturated heterocycles. The van der Waals surface area contributed by atoms with Crippen molar-refractivity contribution >= 4 is 40.6 Å². The van der Waals surface area contributed by atoms with Crippen molar-refractivity contribution in [3.63, 3.8) is 0 Å². The Balaban J connectivity index is 2.25. The molecule has 1 aromatic heterocycles. The molecule has 4 nitrogen and oxygen atoms in total. The summed E-state index contributed by atoms with van der Waals surface area (Å²) in [7, 11) is 0. The van der Waals surface area contributed by atoms with Crippen LogP contribution in [0, 0.1) is 0 Å². The molecular weight excluding hydrogens is 273 g/mol. The summed E-state index contributed by atoms with van der Waals surface area (Å²) in [6.07, 6.45) is 0. The number of hydrogen-bond donors (Lipinski definition) is 2. The molecule has 92 valence electrons. The highest BCUT2D eigenvalue weighted by Crippen LogP contribution is 2.23. The molecule has 0 radical (unpaired) electrons. The summed E-state index contributed by atoms with van der Waals surface area (Å²) < 4.78 is 0. The third-order valence-electron chi connectivity index (χ3n) is 2.25. The summed E-state index contributed by atoms with van der Waals surface area (Å²) in [5.74, 6) is -0.0309. The van der Waals surface area contributed by atoms with Gasteiger partial charge in [0.15, 0.2) is 0 Å². The van der Waals surface area contributed by atoms with Gasteiger partial charge in [0.1, 0.15) is 11.0 Å². The van der Waals surface area contributed by atoms with Gasteiger partial charge in [0.25, 0.3) is 5.91 Å². The van der Waals surface area contributed by atoms with Crippen LogP contribution in [0.4, 0.5) is 11.5 Å². The fraction of sp³-hybridized carbons (Fsp3) is 0. The van der Waals surface area contributed by atoms with E-state index in [9.17, 15) is 4.79 Å². The van der Waals surface area contributed by atoms with E-state index in [1.807, 2.05) is 0 Å². The lowest BCUT2D eigenvalue weighted by molar-refractivity contribution is 0.102. The molecule has 2 aromatic rings. The number of nitrogen functional groups attached to an aromatic ring is 1. The molecule has 0 aliphatic rings. The van der Waals surface area contributed by atoms with Crippen LogP contribution in [0.25, 0.3) is 0 Å². The summed E-state index contributed by atoms with van der Waals surface area (Å²) in [6.45, 7) is 0. The Labute approximate surface area is 114 Å². The molecule has 0 fully saturated rings. The van der Waals surface area contributed by atoms with E-state index in [-0.39, 0.29) is 11.6 Å². The lowest BCUT2D eigenvalue weighted by Crippen LogP contribution is -2.15. The second-order valence-corrected chi connectivity index (χ2v) is 4.30. The molecule has 0 unspecified atom stereocenters. The monoisotopic (exact) mass is 281 g/mol. The van der Waals surface area contributed by atoms with Gasteiger partial charge in [-0.2, -0.15) is 0 Å². The van der Waals surface area contributed by atoms with Crippen LogP contribution in [-0.2, 0) is 0 Å². The van der Waals surface area contributed by atoms with E-state index in [1.165, 1.54) is 0 Å². The number of rotatable bonds is 2. The van der Waals surface area contributed by atoms with Crippen molar-refractivity contribution in [3.8, 4) is 0 Å². The number of amides is 1. The third-order valence-corrected chi connectivity index (χ3v) is 2.79. The number of benzene rings is 1. The summed E-state index contributed by atoms with van der Waals surface area (Å²) >= 11 is 11.6. The zero-order valence-electron chi connectivity index (χ0n) is 9.15. The quantitative estimate of drug-likeness (QED) is 0.656. The van der Waals surface area contributed by atoms with Gasteiger partial charge in [0.05, 0.1) is 16.3 Å². The molecule has 1 amide bonds. The molecule has 18 heavy (non-hydrogen) atoms. The molecule has 6 heteroatoms. The molecule has 3 N–H and O–H groups in total. The van der Waals surface area contributed by atoms with Gasteiger partial charge in [-0.1, -0.05) is 35.3 Å². The molecule has 0 aliphatic carbocycles. The zero-order valence-corrected chi connectivity index (χ0v) is 10.7. The Morgan fingerprint density at radius 1 is 1.17 bits per heavy atom. The fourth-order valence-corrected chi connectivity index (χ4v) is 1.73. The van der Waals surface area contributed by atoms with E-state index < -0.39 is 0 Å². The third kappa shape index (κ3) is 2.72. The van der Waals surface area contributed by atoms with Crippen molar-refractivity contribution in [1.82, 2.24) is 4.98 Å². The first kappa shape index (κ1) is 12.7. The number of anilines is 2. The highest BCUT2D eigenvalue weighted by molar-refractivity contribution is 6.34. The molecule has 0 bridgehead atoms. The minimum absolute atomic E-state index is 0.235. The molecule has 0 atom stereocenters. The van der Waals surface area contributed by atoms with Gasteiger partial charge in [-0.25, -0.2) is 4.98 Å². The van der Waals surface area contributed by atoms with Crippen LogP contribution in [-0.4, -0.2) is 10.9 Å². The molecule has 0 saturated carbocycles. The van der Waals surface area contributed by atoms with Gasteiger partial charge in [-0.15, -0.1) is 0 Å². The Bertz CT molecular complexity index is 602. The Morgan fingerprint density at radius 3 is 2.61 bits per heavy atom. The fourth-order valence-electron chi connectivity index (χ4n) is 1.40. The summed E-state index contributed by atoms with van der Waals surface area (Å²) in [4.78, 5) is 15.9. The van der Waals surface area contributed by atoms with E-state index in [0.29, 0.717) is 21.6 Å². The standard InChI is InChI=1S/C12H9Cl2N3O/c13-8-4-1-3-7(11(8)15)12(18)17-10-6-2-5-9(14)16-10/h1-6H,15H2,(H,16,17,18). The van der Waals surface area contributed by atoms with Crippen LogP contribution in [0.2, 0.25) is 10.2 Å². The number of pyridine rings is 1. The van der Waals surface area contributed by atoms with Crippen molar-refractivity contribution in [1.29, 1.82) is 0 Å². The van der Waals surface area contributed by atoms with Crippen LogP contribution in [0.3, 0.4) is 0 Å². The summed E-state index contributed by atoms with van der Waals surface area (Å²) in [5.41, 5.74) is 6.26. The number of nitrogens with two attached hydrogens (primary N) is 1. The van der Waals surface area contributed by atoms with Crippen molar-refractivity contribution in [2.45, 2.75) is 0 Å². The van der Waals surface area contributed by atoms with E-state index in [2.05, 4.69) is 10.3 Å². The van der Waals surface area contributed by atoms with E-state index in [4.69, 9.17) is 28.9 Å². The van der Waals surface area contributed by atoms with Gasteiger partial charge >= 0.3 is 0 Å². The minimum atomic E-state index is -0.384. The zero-order chi connectivity index (χ0) is 13.1. The predicted molar refractivity (Wildman–Crippen MR) is 73.1 cm³/mol. The maximum atomic E-state index is 12.0. The second kappa shape index (κ2) is 5.25. The van der Waals surface area contributed by atoms with Crippen LogP contribution in [0.1, 0.15) is 10.4 Å². The SMILES string of the molecule is Nc1c(Cl)cccc1C(=O)Nc1cccc(Cl)n1. The number of nitrogens with one attached hydrogen (secondary N) is 1. The number of carbonyl (C=O) groups is 1. The average Bonchev–Trinajstić information content (AvgIpc) is 2.32. The Kier molecular flexibility index (Phi) is 3.69. The smallest absolute Gasteiger partial charge is 0.258 e. The van der Waals surface area contributed by atoms with Crippen molar-refractivity contribution in [2.75, 3.05) is 11.1 Å². The van der Waals surface area contributed by atoms with Gasteiger partial charge in [-0.05, 0) is 24.3 Å². The summed E-state index contributed by atoms with van der Waals surface area (Å²) in [6, 6.07) is 9.78. The normalized spacial score (nSPS) is 10.1. The van der Waals surface area contributed by atoms with Crippen LogP contribution in [0.15, 0.2) is 36.4 Å². The molecule has 0 aliphatic heterocycles. The van der Waals surface area contributed by atoms with E-state index >= 15 is 0 Å². The lowest BCUT2D eigenvalue weighted by atomic mass is 10.1. The lowest BCUT2D eigenvalue weighted by Gasteiger charge is -2.07. The summed E-state index contributed by atoms with van der Waals surface area (Å²) in [5, 5.41) is 3.23. The molecule has 1 heterocycles. The van der Waals surface area contributed by atoms with Crippen LogP contribution in [0.5, 0.6) is 0 Å². The topological polar surface area (TPSA) is 68.0 Å². The number of nitrogens with zero attached hydrogens (tertiary/aromatic N) is 1. The van der Waals surface area contributed by atoms with Crippen LogP contribution < -0.4 is 11.1 Å². The predicted octanol–water partition coefficient (Wildman–Crippen LogP) is 3.22. The first-order valence-corrected chi connectivity index (χ1v) is 5.81. The maximum Gasteiger partial charge on any atom is 0.258 e. The molecular formula is C12H9Cl2N3O. The van der Waals surface area contributed by atoms with Crippen LogP contribution >= 0.6 is 23.2 Å². The minimum Gasteiger partial charge on any atom is -0.397 e. The van der Waals surface area contributed by atoms with Gasteiger partial charge in [0.2, 0.25) is 0 Å². The van der Waals surface area contributed by atoms with Gasteiger partial charge in [-0.3, -0.25) is 4.79 Å². The molecule has 0 spiro atoms. The van der Waals surface area contributed by atoms with E-state index in [1.54, 1.807) is 36.4 Å². The molecule has 2 rings (SSSR count). The number of hydrogen-bond acceptors (Lipinski definition) is 3. The van der Waals surface area contributed by atoms with Gasteiger partial charge in [0, 0.05) is 0 Å². The first-order valence-electron chi connectivity index (χ1n) is 5.06. The van der Waals surface area contributed by atoms with Gasteiger partial charge < -0.3 is 11.1 Å². The Morgan fingerprint density at radius 2 is 1.89 bits per heavy atom. The van der Waals surface area contributed by atoms with Crippen molar-refractivity contribution in [2.24, 2.45) is 0 Å². The average molecular weight is 282 g/mol. The Hall–Kier alpha value is -1.78. The number of aromatic nitrogens is 1. The first-order chi connectivity index (χ1) is 8.58. The highest BCUT2D eigenvalue weighted by atomic mass is 35.5. The number of para-hydroxylation sites is 1. The second-order valence-electron chi connectivity index (χ2n) is 3.50. The largest absolute Gasteiger partial charge is 0.397 e. The number of halogens is 2. The van der Waals surface area contributed by atoms with Crippen molar-refractivity contribution in [3.05, 3.63) is 52.1 Å².